The van der Waals surface area contributed by atoms with E-state index in [2.05, 4.69) is 20.2 Å². The summed E-state index contributed by atoms with van der Waals surface area (Å²) in [5.74, 6) is -0.342. The zero-order valence-corrected chi connectivity index (χ0v) is 17.9. The van der Waals surface area contributed by atoms with Crippen molar-refractivity contribution in [1.29, 1.82) is 0 Å². The van der Waals surface area contributed by atoms with E-state index >= 15 is 0 Å². The lowest BCUT2D eigenvalue weighted by Gasteiger charge is -2.06. The number of amides is 1. The summed E-state index contributed by atoms with van der Waals surface area (Å²) in [6.45, 7) is 1.86. The van der Waals surface area contributed by atoms with Crippen LogP contribution in [-0.2, 0) is 21.2 Å². The van der Waals surface area contributed by atoms with E-state index in [0.717, 1.165) is 16.1 Å². The first-order valence-corrected chi connectivity index (χ1v) is 11.4. The first kappa shape index (κ1) is 21.4. The summed E-state index contributed by atoms with van der Waals surface area (Å²) in [5, 5.41) is 12.4. The Morgan fingerprint density at radius 1 is 1.07 bits per heavy atom. The lowest BCUT2D eigenvalue weighted by molar-refractivity contribution is -0.116. The average molecular weight is 451 g/mol. The van der Waals surface area contributed by atoms with Crippen molar-refractivity contribution in [2.45, 2.75) is 24.7 Å². The van der Waals surface area contributed by atoms with Gasteiger partial charge in [-0.1, -0.05) is 52.8 Å². The standard InChI is InChI=1S/C19H19ClN4O3S2/c1-13-2-8-16(9-3-13)29(26,27)21-11-10-17(25)22-19-24-23-18(28-19)12-14-4-6-15(20)7-5-14/h2-9,21H,10-12H2,1H3,(H,22,24,25). The lowest BCUT2D eigenvalue weighted by atomic mass is 10.2. The highest BCUT2D eigenvalue weighted by Crippen LogP contribution is 2.20. The molecule has 0 unspecified atom stereocenters. The highest BCUT2D eigenvalue weighted by Gasteiger charge is 2.14. The minimum atomic E-state index is -3.64. The first-order valence-electron chi connectivity index (χ1n) is 8.75. The number of halogens is 1. The molecule has 0 aliphatic carbocycles. The van der Waals surface area contributed by atoms with Crippen molar-refractivity contribution >= 4 is 44.0 Å². The maximum absolute atomic E-state index is 12.2. The molecule has 0 radical (unpaired) electrons. The summed E-state index contributed by atoms with van der Waals surface area (Å²) in [4.78, 5) is 12.2. The van der Waals surface area contributed by atoms with Gasteiger partial charge in [-0.05, 0) is 36.8 Å². The molecule has 3 aromatic rings. The number of hydrogen-bond donors (Lipinski definition) is 2. The van der Waals surface area contributed by atoms with Crippen LogP contribution in [0.5, 0.6) is 0 Å². The molecule has 152 valence electrons. The van der Waals surface area contributed by atoms with Crippen molar-refractivity contribution in [1.82, 2.24) is 14.9 Å². The SMILES string of the molecule is Cc1ccc(S(=O)(=O)NCCC(=O)Nc2nnc(Cc3ccc(Cl)cc3)s2)cc1. The number of carbonyl (C=O) groups is 1. The molecule has 0 saturated carbocycles. The number of hydrogen-bond acceptors (Lipinski definition) is 6. The molecule has 0 fully saturated rings. The molecule has 0 bridgehead atoms. The van der Waals surface area contributed by atoms with Gasteiger partial charge in [0.05, 0.1) is 4.90 Å². The van der Waals surface area contributed by atoms with Crippen LogP contribution in [-0.4, -0.2) is 31.1 Å². The number of benzene rings is 2. The molecule has 0 aliphatic rings. The van der Waals surface area contributed by atoms with Crippen molar-refractivity contribution in [3.63, 3.8) is 0 Å². The maximum Gasteiger partial charge on any atom is 0.240 e. The highest BCUT2D eigenvalue weighted by molar-refractivity contribution is 7.89. The third-order valence-corrected chi connectivity index (χ3v) is 6.52. The summed E-state index contributed by atoms with van der Waals surface area (Å²) in [6, 6.07) is 13.9. The normalized spacial score (nSPS) is 11.4. The van der Waals surface area contributed by atoms with Crippen molar-refractivity contribution in [3.05, 3.63) is 69.7 Å². The summed E-state index contributed by atoms with van der Waals surface area (Å²) < 4.78 is 26.8. The predicted molar refractivity (Wildman–Crippen MR) is 114 cm³/mol. The number of anilines is 1. The third-order valence-electron chi connectivity index (χ3n) is 3.96. The van der Waals surface area contributed by atoms with Crippen molar-refractivity contribution < 1.29 is 13.2 Å². The Morgan fingerprint density at radius 3 is 2.45 bits per heavy atom. The monoisotopic (exact) mass is 450 g/mol. The van der Waals surface area contributed by atoms with Crippen LogP contribution < -0.4 is 10.0 Å². The molecule has 1 heterocycles. The Balaban J connectivity index is 1.48. The van der Waals surface area contributed by atoms with Gasteiger partial charge in [-0.2, -0.15) is 0 Å². The maximum atomic E-state index is 12.2. The first-order chi connectivity index (χ1) is 13.8. The molecule has 10 heteroatoms. The second kappa shape index (κ2) is 9.45. The van der Waals surface area contributed by atoms with Gasteiger partial charge in [0.2, 0.25) is 21.1 Å². The van der Waals surface area contributed by atoms with E-state index in [4.69, 9.17) is 11.6 Å². The van der Waals surface area contributed by atoms with Crippen LogP contribution in [0.1, 0.15) is 22.6 Å². The van der Waals surface area contributed by atoms with Gasteiger partial charge in [0, 0.05) is 24.4 Å². The summed E-state index contributed by atoms with van der Waals surface area (Å²) in [6.07, 6.45) is 0.568. The van der Waals surface area contributed by atoms with E-state index in [9.17, 15) is 13.2 Å². The fraction of sp³-hybridized carbons (Fsp3) is 0.211. The Kier molecular flexibility index (Phi) is 6.96. The van der Waals surface area contributed by atoms with Gasteiger partial charge in [0.1, 0.15) is 5.01 Å². The van der Waals surface area contributed by atoms with Gasteiger partial charge in [-0.3, -0.25) is 4.79 Å². The van der Waals surface area contributed by atoms with Crippen LogP contribution in [0, 0.1) is 6.92 Å². The topological polar surface area (TPSA) is 101 Å². The average Bonchev–Trinajstić information content (AvgIpc) is 3.10. The third kappa shape index (κ3) is 6.33. The second-order valence-corrected chi connectivity index (χ2v) is 9.58. The summed E-state index contributed by atoms with van der Waals surface area (Å²) in [5.41, 5.74) is 2.00. The molecule has 0 aliphatic heterocycles. The quantitative estimate of drug-likeness (QED) is 0.547. The van der Waals surface area contributed by atoms with Crippen molar-refractivity contribution in [3.8, 4) is 0 Å². The number of aromatic nitrogens is 2. The summed E-state index contributed by atoms with van der Waals surface area (Å²) >= 11 is 7.14. The van der Waals surface area contributed by atoms with Gasteiger partial charge in [-0.15, -0.1) is 10.2 Å². The van der Waals surface area contributed by atoms with Crippen LogP contribution in [0.4, 0.5) is 5.13 Å². The molecule has 29 heavy (non-hydrogen) atoms. The van der Waals surface area contributed by atoms with Gasteiger partial charge in [-0.25, -0.2) is 13.1 Å². The van der Waals surface area contributed by atoms with Crippen LogP contribution in [0.2, 0.25) is 5.02 Å². The van der Waals surface area contributed by atoms with Crippen molar-refractivity contribution in [2.75, 3.05) is 11.9 Å². The molecule has 3 rings (SSSR count). The van der Waals surface area contributed by atoms with E-state index in [1.165, 1.54) is 23.5 Å². The van der Waals surface area contributed by atoms with E-state index < -0.39 is 10.0 Å². The minimum absolute atomic E-state index is 0.0154. The Bertz CT molecular complexity index is 1080. The number of carbonyl (C=O) groups excluding carboxylic acids is 1. The van der Waals surface area contributed by atoms with E-state index in [1.807, 2.05) is 19.1 Å². The Hall–Kier alpha value is -2.33. The fourth-order valence-electron chi connectivity index (χ4n) is 2.43. The molecule has 0 spiro atoms. The molecule has 2 N–H and O–H groups in total. The van der Waals surface area contributed by atoms with Gasteiger partial charge >= 0.3 is 0 Å². The highest BCUT2D eigenvalue weighted by atomic mass is 35.5. The van der Waals surface area contributed by atoms with E-state index in [0.29, 0.717) is 16.6 Å². The Labute approximate surface area is 178 Å². The van der Waals surface area contributed by atoms with Crippen LogP contribution in [0.25, 0.3) is 0 Å². The van der Waals surface area contributed by atoms with Crippen molar-refractivity contribution in [2.24, 2.45) is 0 Å². The van der Waals surface area contributed by atoms with Crippen LogP contribution >= 0.6 is 22.9 Å². The minimum Gasteiger partial charge on any atom is -0.300 e. The zero-order chi connectivity index (χ0) is 20.9. The summed E-state index contributed by atoms with van der Waals surface area (Å²) in [7, 11) is -3.64. The van der Waals surface area contributed by atoms with Crippen LogP contribution in [0.3, 0.4) is 0 Å². The predicted octanol–water partition coefficient (Wildman–Crippen LogP) is 3.40. The number of nitrogens with one attached hydrogen (secondary N) is 2. The van der Waals surface area contributed by atoms with Gasteiger partial charge in [0.25, 0.3) is 0 Å². The van der Waals surface area contributed by atoms with Gasteiger partial charge < -0.3 is 5.32 Å². The van der Waals surface area contributed by atoms with E-state index in [1.54, 1.807) is 24.3 Å². The molecule has 1 amide bonds. The number of rotatable bonds is 8. The molecule has 1 aromatic heterocycles. The second-order valence-electron chi connectivity index (χ2n) is 6.31. The van der Waals surface area contributed by atoms with Crippen LogP contribution in [0.15, 0.2) is 53.4 Å². The number of aryl methyl sites for hydroxylation is 1. The Morgan fingerprint density at radius 2 is 1.76 bits per heavy atom. The largest absolute Gasteiger partial charge is 0.300 e. The smallest absolute Gasteiger partial charge is 0.240 e. The molecular weight excluding hydrogens is 432 g/mol. The zero-order valence-electron chi connectivity index (χ0n) is 15.6. The number of sulfonamides is 1. The lowest BCUT2D eigenvalue weighted by Crippen LogP contribution is -2.27. The molecule has 0 atom stereocenters. The molecule has 0 saturated heterocycles. The molecular formula is C19H19ClN4O3S2. The van der Waals surface area contributed by atoms with Gasteiger partial charge in [0.15, 0.2) is 0 Å². The van der Waals surface area contributed by atoms with E-state index in [-0.39, 0.29) is 23.8 Å². The molecule has 2 aromatic carbocycles. The number of nitrogens with zero attached hydrogens (tertiary/aromatic N) is 2. The fourth-order valence-corrected chi connectivity index (χ4v) is 4.38. The molecule has 7 nitrogen and oxygen atoms in total.